The molecule has 0 unspecified atom stereocenters. The summed E-state index contributed by atoms with van der Waals surface area (Å²) < 4.78 is 0. The van der Waals surface area contributed by atoms with Gasteiger partial charge in [-0.2, -0.15) is 0 Å². The van der Waals surface area contributed by atoms with Crippen LogP contribution in [0.25, 0.3) is 0 Å². The van der Waals surface area contributed by atoms with E-state index < -0.39 is 5.91 Å². The number of carbonyl (C=O) groups excluding carboxylic acids is 3. The molecule has 0 saturated heterocycles. The van der Waals surface area contributed by atoms with Gasteiger partial charge in [0.1, 0.15) is 6.54 Å². The van der Waals surface area contributed by atoms with Gasteiger partial charge in [-0.1, -0.05) is 37.0 Å². The van der Waals surface area contributed by atoms with E-state index in [0.29, 0.717) is 28.3 Å². The quantitative estimate of drug-likeness (QED) is 0.556. The summed E-state index contributed by atoms with van der Waals surface area (Å²) in [6, 6.07) is 4.37. The monoisotopic (exact) mass is 484 g/mol. The van der Waals surface area contributed by atoms with E-state index in [4.69, 9.17) is 23.2 Å². The van der Waals surface area contributed by atoms with Crippen LogP contribution < -0.4 is 10.6 Å². The van der Waals surface area contributed by atoms with Crippen LogP contribution in [-0.4, -0.2) is 46.7 Å². The van der Waals surface area contributed by atoms with Crippen LogP contribution in [0.3, 0.4) is 0 Å². The number of nitrogens with one attached hydrogen (secondary N) is 2. The summed E-state index contributed by atoms with van der Waals surface area (Å²) in [4.78, 5) is 43.1. The average molecular weight is 485 g/mol. The van der Waals surface area contributed by atoms with Crippen molar-refractivity contribution in [1.29, 1.82) is 0 Å². The molecule has 1 aromatic heterocycles. The maximum absolute atomic E-state index is 12.9. The van der Waals surface area contributed by atoms with Gasteiger partial charge >= 0.3 is 0 Å². The standard InChI is InChI=1S/C21H26Cl2N4O3S/c1-12(2)9-24-18(28)8-15-11-31-21(25-15)26-19(29)10-27(13(3)4)20(30)16-6-5-14(22)7-17(16)23/h5-7,11-13H,8-10H2,1-4H3,(H,24,28)(H,25,26,29). The Balaban J connectivity index is 1.99. The minimum Gasteiger partial charge on any atom is -0.356 e. The Morgan fingerprint density at radius 2 is 1.84 bits per heavy atom. The molecule has 10 heteroatoms. The Morgan fingerprint density at radius 1 is 1.13 bits per heavy atom. The minimum atomic E-state index is -0.391. The molecule has 0 saturated carbocycles. The van der Waals surface area contributed by atoms with Crippen LogP contribution >= 0.6 is 34.5 Å². The summed E-state index contributed by atoms with van der Waals surface area (Å²) in [5.41, 5.74) is 0.850. The van der Waals surface area contributed by atoms with Gasteiger partial charge < -0.3 is 15.5 Å². The number of aromatic nitrogens is 1. The van der Waals surface area contributed by atoms with Crippen molar-refractivity contribution < 1.29 is 14.4 Å². The first-order chi connectivity index (χ1) is 14.6. The van der Waals surface area contributed by atoms with Crippen LogP contribution in [0.5, 0.6) is 0 Å². The van der Waals surface area contributed by atoms with Crippen molar-refractivity contribution in [2.75, 3.05) is 18.4 Å². The molecule has 168 valence electrons. The van der Waals surface area contributed by atoms with Gasteiger partial charge in [0.05, 0.1) is 22.7 Å². The summed E-state index contributed by atoms with van der Waals surface area (Å²) in [5.74, 6) is -0.511. The zero-order chi connectivity index (χ0) is 23.1. The molecule has 1 heterocycles. The third kappa shape index (κ3) is 7.79. The number of hydrogen-bond donors (Lipinski definition) is 2. The van der Waals surface area contributed by atoms with Crippen molar-refractivity contribution >= 4 is 57.4 Å². The van der Waals surface area contributed by atoms with Crippen molar-refractivity contribution in [3.63, 3.8) is 0 Å². The van der Waals surface area contributed by atoms with Gasteiger partial charge in [0.2, 0.25) is 11.8 Å². The number of halogens is 2. The normalized spacial score (nSPS) is 11.0. The molecule has 0 aliphatic heterocycles. The third-order valence-corrected chi connectivity index (χ3v) is 5.56. The zero-order valence-electron chi connectivity index (χ0n) is 17.9. The van der Waals surface area contributed by atoms with Gasteiger partial charge in [-0.05, 0) is 38.0 Å². The predicted octanol–water partition coefficient (Wildman–Crippen LogP) is 4.25. The number of rotatable bonds is 9. The molecule has 0 bridgehead atoms. The highest BCUT2D eigenvalue weighted by Crippen LogP contribution is 2.23. The minimum absolute atomic E-state index is 0.117. The smallest absolute Gasteiger partial charge is 0.256 e. The van der Waals surface area contributed by atoms with Crippen molar-refractivity contribution in [2.24, 2.45) is 5.92 Å². The van der Waals surface area contributed by atoms with Crippen LogP contribution in [0, 0.1) is 5.92 Å². The van der Waals surface area contributed by atoms with Crippen LogP contribution in [0.15, 0.2) is 23.6 Å². The van der Waals surface area contributed by atoms with E-state index >= 15 is 0 Å². The molecular formula is C21H26Cl2N4O3S. The molecular weight excluding hydrogens is 459 g/mol. The highest BCUT2D eigenvalue weighted by atomic mass is 35.5. The van der Waals surface area contributed by atoms with E-state index in [2.05, 4.69) is 15.6 Å². The van der Waals surface area contributed by atoms with E-state index in [0.717, 1.165) is 0 Å². The molecule has 7 nitrogen and oxygen atoms in total. The van der Waals surface area contributed by atoms with Crippen LogP contribution in [0.4, 0.5) is 5.13 Å². The Bertz CT molecular complexity index is 946. The van der Waals surface area contributed by atoms with Gasteiger partial charge in [0.25, 0.3) is 5.91 Å². The number of carbonyl (C=O) groups is 3. The summed E-state index contributed by atoms with van der Waals surface area (Å²) >= 11 is 13.3. The first kappa shape index (κ1) is 25.1. The van der Waals surface area contributed by atoms with Gasteiger partial charge in [-0.25, -0.2) is 4.98 Å². The first-order valence-corrected chi connectivity index (χ1v) is 11.5. The number of amides is 3. The van der Waals surface area contributed by atoms with Crippen LogP contribution in [-0.2, 0) is 16.0 Å². The summed E-state index contributed by atoms with van der Waals surface area (Å²) in [5, 5.41) is 8.27. The third-order valence-electron chi connectivity index (χ3n) is 4.21. The molecule has 0 aliphatic rings. The highest BCUT2D eigenvalue weighted by Gasteiger charge is 2.24. The second-order valence-electron chi connectivity index (χ2n) is 7.72. The molecule has 2 N–H and O–H groups in total. The van der Waals surface area contributed by atoms with E-state index in [1.165, 1.54) is 28.4 Å². The van der Waals surface area contributed by atoms with E-state index in [1.807, 2.05) is 27.7 Å². The Labute approximate surface area is 196 Å². The van der Waals surface area contributed by atoms with Gasteiger partial charge in [-0.3, -0.25) is 14.4 Å². The summed E-state index contributed by atoms with van der Waals surface area (Å²) in [6.45, 7) is 8.09. The molecule has 3 amide bonds. The molecule has 0 spiro atoms. The second-order valence-corrected chi connectivity index (χ2v) is 9.42. The van der Waals surface area contributed by atoms with Crippen molar-refractivity contribution in [3.05, 3.63) is 44.9 Å². The molecule has 2 rings (SSSR count). The summed E-state index contributed by atoms with van der Waals surface area (Å²) in [6.07, 6.45) is 0.144. The Hall–Kier alpha value is -2.16. The van der Waals surface area contributed by atoms with Crippen molar-refractivity contribution in [3.8, 4) is 0 Å². The van der Waals surface area contributed by atoms with E-state index in [-0.39, 0.29) is 41.4 Å². The maximum atomic E-state index is 12.9. The topological polar surface area (TPSA) is 91.4 Å². The lowest BCUT2D eigenvalue weighted by atomic mass is 10.1. The van der Waals surface area contributed by atoms with Crippen LogP contribution in [0.1, 0.15) is 43.7 Å². The van der Waals surface area contributed by atoms with Gasteiger partial charge in [0.15, 0.2) is 5.13 Å². The van der Waals surface area contributed by atoms with E-state index in [1.54, 1.807) is 11.4 Å². The average Bonchev–Trinajstić information content (AvgIpc) is 3.10. The fraction of sp³-hybridized carbons (Fsp3) is 0.429. The number of benzene rings is 1. The highest BCUT2D eigenvalue weighted by molar-refractivity contribution is 7.13. The molecule has 0 fully saturated rings. The van der Waals surface area contributed by atoms with Gasteiger partial charge in [0, 0.05) is 23.0 Å². The second kappa shape index (κ2) is 11.5. The lowest BCUT2D eigenvalue weighted by molar-refractivity contribution is -0.120. The Morgan fingerprint density at radius 3 is 2.45 bits per heavy atom. The molecule has 0 radical (unpaired) electrons. The number of thiazole rings is 1. The molecule has 0 aliphatic carbocycles. The Kier molecular flexibility index (Phi) is 9.28. The molecule has 0 atom stereocenters. The maximum Gasteiger partial charge on any atom is 0.256 e. The van der Waals surface area contributed by atoms with E-state index in [9.17, 15) is 14.4 Å². The van der Waals surface area contributed by atoms with Crippen molar-refractivity contribution in [2.45, 2.75) is 40.2 Å². The fourth-order valence-electron chi connectivity index (χ4n) is 2.61. The molecule has 1 aromatic carbocycles. The largest absolute Gasteiger partial charge is 0.356 e. The molecule has 31 heavy (non-hydrogen) atoms. The number of hydrogen-bond acceptors (Lipinski definition) is 5. The van der Waals surface area contributed by atoms with Gasteiger partial charge in [-0.15, -0.1) is 11.3 Å². The SMILES string of the molecule is CC(C)CNC(=O)Cc1csc(NC(=O)CN(C(=O)c2ccc(Cl)cc2Cl)C(C)C)n1. The number of nitrogens with zero attached hydrogens (tertiary/aromatic N) is 2. The van der Waals surface area contributed by atoms with Crippen LogP contribution in [0.2, 0.25) is 10.0 Å². The zero-order valence-corrected chi connectivity index (χ0v) is 20.2. The number of anilines is 1. The molecule has 2 aromatic rings. The predicted molar refractivity (Wildman–Crippen MR) is 125 cm³/mol. The lowest BCUT2D eigenvalue weighted by Gasteiger charge is -2.26. The fourth-order valence-corrected chi connectivity index (χ4v) is 3.83. The van der Waals surface area contributed by atoms with Crippen molar-refractivity contribution in [1.82, 2.24) is 15.2 Å². The lowest BCUT2D eigenvalue weighted by Crippen LogP contribution is -2.42. The first-order valence-electron chi connectivity index (χ1n) is 9.83. The summed E-state index contributed by atoms with van der Waals surface area (Å²) in [7, 11) is 0.